The molecule has 0 aromatic rings. The van der Waals surface area contributed by atoms with Gasteiger partial charge in [0.05, 0.1) is 12.2 Å². The van der Waals surface area contributed by atoms with Gasteiger partial charge < -0.3 is 9.80 Å². The molecule has 1 saturated heterocycles. The van der Waals surface area contributed by atoms with Crippen molar-refractivity contribution in [1.29, 1.82) is 0 Å². The Hall–Kier alpha value is -0.610. The van der Waals surface area contributed by atoms with Gasteiger partial charge in [0.2, 0.25) is 5.91 Å². The van der Waals surface area contributed by atoms with Gasteiger partial charge >= 0.3 is 0 Å². The summed E-state index contributed by atoms with van der Waals surface area (Å²) in [6, 6.07) is 0.521. The fourth-order valence-electron chi connectivity index (χ4n) is 2.78. The van der Waals surface area contributed by atoms with Gasteiger partial charge in [-0.15, -0.1) is 0 Å². The van der Waals surface area contributed by atoms with Crippen molar-refractivity contribution < 1.29 is 4.79 Å². The molecule has 1 heterocycles. The first kappa shape index (κ1) is 18.4. The highest BCUT2D eigenvalue weighted by Crippen LogP contribution is 2.23. The summed E-state index contributed by atoms with van der Waals surface area (Å²) in [4.78, 5) is 17.1. The maximum Gasteiger partial charge on any atom is 0.241 e. The molecule has 21 heavy (non-hydrogen) atoms. The lowest BCUT2D eigenvalue weighted by Crippen LogP contribution is -2.43. The molecule has 3 atom stereocenters. The second-order valence-corrected chi connectivity index (χ2v) is 7.28. The van der Waals surface area contributed by atoms with E-state index < -0.39 is 0 Å². The second kappa shape index (κ2) is 8.14. The first-order valence-electron chi connectivity index (χ1n) is 8.54. The van der Waals surface area contributed by atoms with E-state index in [1.54, 1.807) is 0 Å². The van der Waals surface area contributed by atoms with E-state index in [2.05, 4.69) is 63.7 Å². The lowest BCUT2D eigenvalue weighted by Gasteiger charge is -2.29. The largest absolute Gasteiger partial charge is 0.324 e. The van der Waals surface area contributed by atoms with Gasteiger partial charge in [-0.1, -0.05) is 34.1 Å². The van der Waals surface area contributed by atoms with Crippen molar-refractivity contribution in [3.05, 3.63) is 0 Å². The molecule has 1 rings (SSSR count). The van der Waals surface area contributed by atoms with Crippen LogP contribution in [-0.2, 0) is 4.79 Å². The van der Waals surface area contributed by atoms with Crippen molar-refractivity contribution in [3.63, 3.8) is 0 Å². The number of likely N-dealkylation sites (N-methyl/N-ethyl adjacent to an activating group) is 1. The van der Waals surface area contributed by atoms with Crippen molar-refractivity contribution >= 4 is 5.91 Å². The Morgan fingerprint density at radius 3 is 2.33 bits per heavy atom. The summed E-state index contributed by atoms with van der Waals surface area (Å²) in [5, 5.41) is 3.58. The molecule has 1 aliphatic heterocycles. The summed E-state index contributed by atoms with van der Waals surface area (Å²) in [5.41, 5.74) is 0. The van der Waals surface area contributed by atoms with Crippen molar-refractivity contribution in [1.82, 2.24) is 15.1 Å². The topological polar surface area (TPSA) is 35.6 Å². The molecule has 0 aliphatic carbocycles. The highest BCUT2D eigenvalue weighted by molar-refractivity contribution is 5.84. The quantitative estimate of drug-likeness (QED) is 0.748. The van der Waals surface area contributed by atoms with Crippen LogP contribution in [0.3, 0.4) is 0 Å². The zero-order valence-electron chi connectivity index (χ0n) is 15.0. The van der Waals surface area contributed by atoms with E-state index in [0.717, 1.165) is 25.9 Å². The van der Waals surface area contributed by atoms with Gasteiger partial charge in [-0.2, -0.15) is 0 Å². The smallest absolute Gasteiger partial charge is 0.241 e. The van der Waals surface area contributed by atoms with Crippen LogP contribution in [0.1, 0.15) is 54.4 Å². The molecule has 1 N–H and O–H groups in total. The monoisotopic (exact) mass is 297 g/mol. The molecule has 1 aliphatic rings. The van der Waals surface area contributed by atoms with Gasteiger partial charge in [0.15, 0.2) is 0 Å². The highest BCUT2D eigenvalue weighted by atomic mass is 16.2. The Balaban J connectivity index is 2.72. The Kier molecular flexibility index (Phi) is 7.14. The molecule has 0 aromatic heterocycles. The third-order valence-electron chi connectivity index (χ3n) is 4.78. The summed E-state index contributed by atoms with van der Waals surface area (Å²) < 4.78 is 0. The summed E-state index contributed by atoms with van der Waals surface area (Å²) in [5.74, 6) is 1.29. The minimum atomic E-state index is 0.00288. The molecule has 0 saturated carbocycles. The number of carbonyl (C=O) groups excluding carboxylic acids is 1. The molecule has 0 aromatic carbocycles. The molecule has 124 valence electrons. The minimum Gasteiger partial charge on any atom is -0.324 e. The molecule has 4 nitrogen and oxygen atoms in total. The van der Waals surface area contributed by atoms with Crippen molar-refractivity contribution in [2.45, 2.75) is 72.6 Å². The zero-order chi connectivity index (χ0) is 16.2. The maximum atomic E-state index is 12.7. The number of carbonyl (C=O) groups is 1. The molecule has 1 fully saturated rings. The molecule has 4 heteroatoms. The Morgan fingerprint density at radius 1 is 1.24 bits per heavy atom. The van der Waals surface area contributed by atoms with Crippen molar-refractivity contribution in [3.8, 4) is 0 Å². The third-order valence-corrected chi connectivity index (χ3v) is 4.78. The van der Waals surface area contributed by atoms with Crippen molar-refractivity contribution in [2.24, 2.45) is 11.8 Å². The molecule has 3 unspecified atom stereocenters. The fraction of sp³-hybridized carbons (Fsp3) is 0.941. The summed E-state index contributed by atoms with van der Waals surface area (Å²) in [7, 11) is 2.13. The van der Waals surface area contributed by atoms with Crippen molar-refractivity contribution in [2.75, 3.05) is 20.1 Å². The molecule has 0 radical (unpaired) electrons. The number of rotatable bonds is 8. The number of amides is 1. The third kappa shape index (κ3) is 4.96. The van der Waals surface area contributed by atoms with E-state index >= 15 is 0 Å². The Labute approximate surface area is 131 Å². The van der Waals surface area contributed by atoms with E-state index in [1.165, 1.54) is 0 Å². The highest BCUT2D eigenvalue weighted by Gasteiger charge is 2.40. The van der Waals surface area contributed by atoms with Crippen LogP contribution < -0.4 is 5.32 Å². The van der Waals surface area contributed by atoms with E-state index in [-0.39, 0.29) is 12.2 Å². The summed E-state index contributed by atoms with van der Waals surface area (Å²) in [6.07, 6.45) is 2.28. The number of hydrogen-bond acceptors (Lipinski definition) is 3. The maximum absolute atomic E-state index is 12.7. The average Bonchev–Trinajstić information content (AvgIpc) is 2.71. The lowest BCUT2D eigenvalue weighted by molar-refractivity contribution is -0.131. The first-order chi connectivity index (χ1) is 9.77. The fourth-order valence-corrected chi connectivity index (χ4v) is 2.78. The van der Waals surface area contributed by atoms with E-state index in [1.807, 2.05) is 0 Å². The van der Waals surface area contributed by atoms with Gasteiger partial charge in [-0.05, 0) is 39.2 Å². The Morgan fingerprint density at radius 2 is 1.86 bits per heavy atom. The van der Waals surface area contributed by atoms with Crippen LogP contribution in [0.5, 0.6) is 0 Å². The average molecular weight is 297 g/mol. The van der Waals surface area contributed by atoms with Crippen LogP contribution in [0.2, 0.25) is 0 Å². The van der Waals surface area contributed by atoms with Gasteiger partial charge in [0, 0.05) is 19.1 Å². The summed E-state index contributed by atoms with van der Waals surface area (Å²) in [6.45, 7) is 14.9. The first-order valence-corrected chi connectivity index (χ1v) is 8.54. The lowest BCUT2D eigenvalue weighted by atomic mass is 9.99. The van der Waals surface area contributed by atoms with E-state index in [9.17, 15) is 4.79 Å². The van der Waals surface area contributed by atoms with Crippen LogP contribution in [0.15, 0.2) is 0 Å². The van der Waals surface area contributed by atoms with E-state index in [0.29, 0.717) is 23.8 Å². The predicted molar refractivity (Wildman–Crippen MR) is 89.1 cm³/mol. The zero-order valence-corrected chi connectivity index (χ0v) is 15.0. The normalized spacial score (nSPS) is 24.7. The number of nitrogens with zero attached hydrogens (tertiary/aromatic N) is 2. The predicted octanol–water partition coefficient (Wildman–Crippen LogP) is 2.55. The number of hydrogen-bond donors (Lipinski definition) is 1. The Bertz CT molecular complexity index is 330. The van der Waals surface area contributed by atoms with Crippen LogP contribution in [0.4, 0.5) is 0 Å². The molecular formula is C17H35N3O. The second-order valence-electron chi connectivity index (χ2n) is 7.28. The molecule has 0 bridgehead atoms. The minimum absolute atomic E-state index is 0.00288. The van der Waals surface area contributed by atoms with Crippen LogP contribution in [-0.4, -0.2) is 54.1 Å². The number of nitrogens with one attached hydrogen (secondary N) is 1. The van der Waals surface area contributed by atoms with Gasteiger partial charge in [0.1, 0.15) is 0 Å². The van der Waals surface area contributed by atoms with Crippen LogP contribution >= 0.6 is 0 Å². The standard InChI is InChI=1S/C17H35N3O/c1-8-14(6)16-17(21)20(10-9-19(7)13(4)5)15(18-16)11-12(2)3/h12-16,18H,8-11H2,1-7H3. The van der Waals surface area contributed by atoms with Gasteiger partial charge in [0.25, 0.3) is 0 Å². The van der Waals surface area contributed by atoms with Gasteiger partial charge in [-0.25, -0.2) is 0 Å². The summed E-state index contributed by atoms with van der Waals surface area (Å²) >= 11 is 0. The van der Waals surface area contributed by atoms with E-state index in [4.69, 9.17) is 0 Å². The SMILES string of the molecule is CCC(C)C1NC(CC(C)C)N(CCN(C)C(C)C)C1=O. The van der Waals surface area contributed by atoms with Gasteiger partial charge in [-0.3, -0.25) is 10.1 Å². The molecular weight excluding hydrogens is 262 g/mol. The van der Waals surface area contributed by atoms with Crippen LogP contribution in [0.25, 0.3) is 0 Å². The molecule has 1 amide bonds. The molecule has 0 spiro atoms. The van der Waals surface area contributed by atoms with Crippen LogP contribution in [0, 0.1) is 11.8 Å².